The van der Waals surface area contributed by atoms with Gasteiger partial charge in [0.2, 0.25) is 0 Å². The summed E-state index contributed by atoms with van der Waals surface area (Å²) in [4.78, 5) is 0. The van der Waals surface area contributed by atoms with E-state index in [9.17, 15) is 0 Å². The molecule has 0 unspecified atom stereocenters. The number of hydrogen-bond acceptors (Lipinski definition) is 1. The van der Waals surface area contributed by atoms with Crippen molar-refractivity contribution in [2.24, 2.45) is 0 Å². The molecular weight excluding hydrogens is 218 g/mol. The third kappa shape index (κ3) is 1.80. The van der Waals surface area contributed by atoms with E-state index >= 15 is 0 Å². The fourth-order valence-corrected chi connectivity index (χ4v) is 2.73. The highest BCUT2D eigenvalue weighted by molar-refractivity contribution is 5.74. The van der Waals surface area contributed by atoms with Gasteiger partial charge in [0.25, 0.3) is 0 Å². The van der Waals surface area contributed by atoms with Crippen molar-refractivity contribution in [2.45, 2.75) is 27.2 Å². The van der Waals surface area contributed by atoms with Crippen LogP contribution >= 0.6 is 0 Å². The topological polar surface area (TPSA) is 12.0 Å². The molecule has 0 bridgehead atoms. The highest BCUT2D eigenvalue weighted by atomic mass is 14.9. The molecule has 2 aromatic rings. The summed E-state index contributed by atoms with van der Waals surface area (Å²) in [5.74, 6) is 0. The molecule has 1 heteroatoms. The zero-order valence-electron chi connectivity index (χ0n) is 11.3. The first-order valence-electron chi connectivity index (χ1n) is 6.60. The lowest BCUT2D eigenvalue weighted by molar-refractivity contribution is 1.11. The van der Waals surface area contributed by atoms with E-state index in [-0.39, 0.29) is 0 Å². The van der Waals surface area contributed by atoms with Crippen molar-refractivity contribution in [1.29, 1.82) is 0 Å². The maximum Gasteiger partial charge on any atom is 0.0379 e. The summed E-state index contributed by atoms with van der Waals surface area (Å²) in [7, 11) is 0. The molecule has 0 aliphatic carbocycles. The molecule has 2 aromatic carbocycles. The summed E-state index contributed by atoms with van der Waals surface area (Å²) in [5, 5.41) is 3.46. The number of hydrogen-bond donors (Lipinski definition) is 1. The van der Waals surface area contributed by atoms with E-state index in [2.05, 4.69) is 56.4 Å². The molecule has 0 fully saturated rings. The predicted octanol–water partition coefficient (Wildman–Crippen LogP) is 4.25. The van der Waals surface area contributed by atoms with Gasteiger partial charge in [0.15, 0.2) is 0 Å². The van der Waals surface area contributed by atoms with Crippen LogP contribution in [-0.2, 0) is 6.42 Å². The molecule has 1 N–H and O–H groups in total. The SMILES string of the molecule is Cc1cc(C)c(-c2ccc3c(c2)NCC3)cc1C. The average Bonchev–Trinajstić information content (AvgIpc) is 2.80. The summed E-state index contributed by atoms with van der Waals surface area (Å²) >= 11 is 0. The minimum atomic E-state index is 1.07. The van der Waals surface area contributed by atoms with Crippen molar-refractivity contribution in [3.05, 3.63) is 52.6 Å². The fourth-order valence-electron chi connectivity index (χ4n) is 2.73. The summed E-state index contributed by atoms with van der Waals surface area (Å²) < 4.78 is 0. The Morgan fingerprint density at radius 3 is 2.50 bits per heavy atom. The van der Waals surface area contributed by atoms with Gasteiger partial charge in [-0.05, 0) is 66.6 Å². The third-order valence-electron chi connectivity index (χ3n) is 3.97. The summed E-state index contributed by atoms with van der Waals surface area (Å²) in [6, 6.07) is 11.4. The van der Waals surface area contributed by atoms with Crippen molar-refractivity contribution in [3.8, 4) is 11.1 Å². The highest BCUT2D eigenvalue weighted by Crippen LogP contribution is 2.31. The first kappa shape index (κ1) is 11.3. The van der Waals surface area contributed by atoms with Crippen LogP contribution in [0.3, 0.4) is 0 Å². The second-order valence-electron chi connectivity index (χ2n) is 5.30. The molecule has 1 heterocycles. The average molecular weight is 237 g/mol. The minimum absolute atomic E-state index is 1.07. The zero-order valence-corrected chi connectivity index (χ0v) is 11.3. The molecule has 0 spiro atoms. The number of rotatable bonds is 1. The largest absolute Gasteiger partial charge is 0.384 e. The maximum absolute atomic E-state index is 3.46. The lowest BCUT2D eigenvalue weighted by atomic mass is 9.94. The van der Waals surface area contributed by atoms with E-state index in [0.29, 0.717) is 0 Å². The fraction of sp³-hybridized carbons (Fsp3) is 0.294. The molecule has 0 saturated heterocycles. The lowest BCUT2D eigenvalue weighted by Gasteiger charge is -2.11. The van der Waals surface area contributed by atoms with Gasteiger partial charge in [-0.25, -0.2) is 0 Å². The van der Waals surface area contributed by atoms with Crippen molar-refractivity contribution in [3.63, 3.8) is 0 Å². The first-order valence-corrected chi connectivity index (χ1v) is 6.60. The molecular formula is C17H19N. The number of aryl methyl sites for hydroxylation is 3. The van der Waals surface area contributed by atoms with E-state index in [1.165, 1.54) is 39.1 Å². The van der Waals surface area contributed by atoms with Gasteiger partial charge in [0.1, 0.15) is 0 Å². The van der Waals surface area contributed by atoms with Crippen LogP contribution in [0.25, 0.3) is 11.1 Å². The monoisotopic (exact) mass is 237 g/mol. The molecule has 0 atom stereocenters. The molecule has 1 aliphatic heterocycles. The number of anilines is 1. The molecule has 0 amide bonds. The van der Waals surface area contributed by atoms with Gasteiger partial charge in [-0.1, -0.05) is 24.3 Å². The Morgan fingerprint density at radius 2 is 1.67 bits per heavy atom. The predicted molar refractivity (Wildman–Crippen MR) is 78.3 cm³/mol. The van der Waals surface area contributed by atoms with Crippen LogP contribution in [0.1, 0.15) is 22.3 Å². The Bertz CT molecular complexity index is 611. The molecule has 0 radical (unpaired) electrons. The summed E-state index contributed by atoms with van der Waals surface area (Å²) in [5.41, 5.74) is 9.53. The van der Waals surface area contributed by atoms with Gasteiger partial charge >= 0.3 is 0 Å². The van der Waals surface area contributed by atoms with Crippen LogP contribution in [0.15, 0.2) is 30.3 Å². The van der Waals surface area contributed by atoms with Crippen molar-refractivity contribution < 1.29 is 0 Å². The van der Waals surface area contributed by atoms with Crippen molar-refractivity contribution >= 4 is 5.69 Å². The minimum Gasteiger partial charge on any atom is -0.384 e. The lowest BCUT2D eigenvalue weighted by Crippen LogP contribution is -1.92. The molecule has 3 rings (SSSR count). The Morgan fingerprint density at radius 1 is 0.889 bits per heavy atom. The molecule has 0 aromatic heterocycles. The van der Waals surface area contributed by atoms with Gasteiger partial charge in [-0.3, -0.25) is 0 Å². The van der Waals surface area contributed by atoms with E-state index in [4.69, 9.17) is 0 Å². The second kappa shape index (κ2) is 4.16. The summed E-state index contributed by atoms with van der Waals surface area (Å²) in [6.07, 6.45) is 1.15. The highest BCUT2D eigenvalue weighted by Gasteiger charge is 2.12. The van der Waals surface area contributed by atoms with Crippen LogP contribution in [0.2, 0.25) is 0 Å². The second-order valence-corrected chi connectivity index (χ2v) is 5.30. The Kier molecular flexibility index (Phi) is 2.62. The Balaban J connectivity index is 2.12. The van der Waals surface area contributed by atoms with Crippen LogP contribution in [0, 0.1) is 20.8 Å². The number of fused-ring (bicyclic) bond motifs is 1. The molecule has 18 heavy (non-hydrogen) atoms. The molecule has 1 aliphatic rings. The van der Waals surface area contributed by atoms with Crippen LogP contribution < -0.4 is 5.32 Å². The van der Waals surface area contributed by atoms with Crippen LogP contribution in [-0.4, -0.2) is 6.54 Å². The first-order chi connectivity index (χ1) is 8.65. The number of nitrogens with one attached hydrogen (secondary N) is 1. The molecule has 0 saturated carbocycles. The Labute approximate surface area is 109 Å². The molecule has 1 nitrogen and oxygen atoms in total. The quantitative estimate of drug-likeness (QED) is 0.782. The third-order valence-corrected chi connectivity index (χ3v) is 3.97. The molecule has 92 valence electrons. The van der Waals surface area contributed by atoms with Gasteiger partial charge in [-0.2, -0.15) is 0 Å². The van der Waals surface area contributed by atoms with Crippen molar-refractivity contribution in [1.82, 2.24) is 0 Å². The van der Waals surface area contributed by atoms with Gasteiger partial charge in [0.05, 0.1) is 0 Å². The van der Waals surface area contributed by atoms with Gasteiger partial charge < -0.3 is 5.32 Å². The Hall–Kier alpha value is -1.76. The number of benzene rings is 2. The smallest absolute Gasteiger partial charge is 0.0379 e. The van der Waals surface area contributed by atoms with Gasteiger partial charge in [0, 0.05) is 12.2 Å². The van der Waals surface area contributed by atoms with Gasteiger partial charge in [-0.15, -0.1) is 0 Å². The van der Waals surface area contributed by atoms with Crippen molar-refractivity contribution in [2.75, 3.05) is 11.9 Å². The normalized spacial score (nSPS) is 13.3. The van der Waals surface area contributed by atoms with E-state index < -0.39 is 0 Å². The standard InChI is InChI=1S/C17H19N/c1-11-8-13(3)16(9-12(11)2)15-5-4-14-6-7-18-17(14)10-15/h4-5,8-10,18H,6-7H2,1-3H3. The van der Waals surface area contributed by atoms with Crippen LogP contribution in [0.5, 0.6) is 0 Å². The van der Waals surface area contributed by atoms with E-state index in [0.717, 1.165) is 13.0 Å². The van der Waals surface area contributed by atoms with E-state index in [1.807, 2.05) is 0 Å². The summed E-state index contributed by atoms with van der Waals surface area (Å²) in [6.45, 7) is 7.63. The van der Waals surface area contributed by atoms with Crippen LogP contribution in [0.4, 0.5) is 5.69 Å². The zero-order chi connectivity index (χ0) is 12.7. The van der Waals surface area contributed by atoms with E-state index in [1.54, 1.807) is 0 Å². The maximum atomic E-state index is 3.46.